The van der Waals surface area contributed by atoms with Crippen LogP contribution in [0.3, 0.4) is 0 Å². The summed E-state index contributed by atoms with van der Waals surface area (Å²) in [5.74, 6) is -7.36. The van der Waals surface area contributed by atoms with E-state index in [4.69, 9.17) is 9.47 Å². The van der Waals surface area contributed by atoms with Crippen molar-refractivity contribution in [2.45, 2.75) is 38.8 Å². The van der Waals surface area contributed by atoms with Gasteiger partial charge in [-0.05, 0) is 96.5 Å². The minimum absolute atomic E-state index is 0.124. The molecule has 4 atom stereocenters. The number of carboxylic acids is 2. The summed E-state index contributed by atoms with van der Waals surface area (Å²) in [6, 6.07) is 53.0. The smallest absolute Gasteiger partial charge is 0.308 e. The number of carboxylic acid groups (broad SMARTS) is 2. The molecule has 10 heteroatoms. The molecule has 0 aromatic heterocycles. The second kappa shape index (κ2) is 20.9. The normalized spacial score (nSPS) is 16.6. The Morgan fingerprint density at radius 1 is 0.387 bits per heavy atom. The molecule has 7 rings (SSSR count). The summed E-state index contributed by atoms with van der Waals surface area (Å²) in [6.45, 7) is 0.767. The minimum Gasteiger partial charge on any atom is -0.481 e. The van der Waals surface area contributed by atoms with Gasteiger partial charge in [-0.2, -0.15) is 0 Å². The van der Waals surface area contributed by atoms with E-state index in [1.54, 1.807) is 34.1 Å². The maximum absolute atomic E-state index is 14.9. The highest BCUT2D eigenvalue weighted by atomic mass is 16.5. The van der Waals surface area contributed by atoms with Crippen molar-refractivity contribution in [3.05, 3.63) is 192 Å². The van der Waals surface area contributed by atoms with Gasteiger partial charge < -0.3 is 29.5 Å². The number of hydrogen-bond acceptors (Lipinski definition) is 6. The fourth-order valence-corrected chi connectivity index (χ4v) is 8.19. The first-order chi connectivity index (χ1) is 30.2. The number of ether oxygens (including phenoxy) is 2. The maximum Gasteiger partial charge on any atom is 0.308 e. The molecular weight excluding hydrogens is 781 g/mol. The maximum atomic E-state index is 14.9. The van der Waals surface area contributed by atoms with Gasteiger partial charge >= 0.3 is 11.9 Å². The molecule has 10 nitrogen and oxygen atoms in total. The molecule has 0 spiro atoms. The predicted molar refractivity (Wildman–Crippen MR) is 236 cm³/mol. The van der Waals surface area contributed by atoms with Gasteiger partial charge in [-0.25, -0.2) is 0 Å². The van der Waals surface area contributed by atoms with E-state index in [1.807, 2.05) is 146 Å². The first-order valence-corrected chi connectivity index (χ1v) is 21.0. The molecular formula is C52H50N2O8. The van der Waals surface area contributed by atoms with Crippen molar-refractivity contribution < 1.29 is 38.9 Å². The minimum atomic E-state index is -1.59. The fourth-order valence-electron chi connectivity index (χ4n) is 8.19. The van der Waals surface area contributed by atoms with Crippen LogP contribution in [0.1, 0.15) is 35.1 Å². The van der Waals surface area contributed by atoms with Crippen molar-refractivity contribution >= 4 is 23.8 Å². The van der Waals surface area contributed by atoms with Gasteiger partial charge in [0.2, 0.25) is 11.8 Å². The zero-order valence-electron chi connectivity index (χ0n) is 34.4. The zero-order chi connectivity index (χ0) is 43.3. The Kier molecular flexibility index (Phi) is 14.4. The average Bonchev–Trinajstić information content (AvgIpc) is 3.27. The van der Waals surface area contributed by atoms with Crippen LogP contribution in [0.5, 0.6) is 23.0 Å². The lowest BCUT2D eigenvalue weighted by atomic mass is 9.55. The lowest BCUT2D eigenvalue weighted by molar-refractivity contribution is -0.187. The summed E-state index contributed by atoms with van der Waals surface area (Å²) >= 11 is 0. The van der Waals surface area contributed by atoms with Crippen LogP contribution in [0.25, 0.3) is 0 Å². The summed E-state index contributed by atoms with van der Waals surface area (Å²) < 4.78 is 12.0. The molecule has 0 aliphatic heterocycles. The van der Waals surface area contributed by atoms with Crippen molar-refractivity contribution in [2.24, 2.45) is 23.7 Å². The Balaban J connectivity index is 1.15. The third-order valence-corrected chi connectivity index (χ3v) is 11.3. The molecule has 2 N–H and O–H groups in total. The number of nitrogens with zero attached hydrogens (tertiary/aromatic N) is 2. The van der Waals surface area contributed by atoms with Gasteiger partial charge in [0.15, 0.2) is 0 Å². The first-order valence-electron chi connectivity index (χ1n) is 21.0. The molecule has 0 radical (unpaired) electrons. The Hall–Kier alpha value is -7.20. The number of para-hydroxylation sites is 2. The van der Waals surface area contributed by atoms with Crippen molar-refractivity contribution in [3.63, 3.8) is 0 Å². The van der Waals surface area contributed by atoms with Crippen molar-refractivity contribution in [3.8, 4) is 23.0 Å². The first kappa shape index (κ1) is 42.9. The van der Waals surface area contributed by atoms with E-state index in [-0.39, 0.29) is 26.2 Å². The lowest BCUT2D eigenvalue weighted by Gasteiger charge is -2.48. The van der Waals surface area contributed by atoms with E-state index >= 15 is 0 Å². The Labute approximate surface area is 362 Å². The molecule has 1 aliphatic rings. The summed E-state index contributed by atoms with van der Waals surface area (Å²) in [4.78, 5) is 58.8. The molecule has 0 unspecified atom stereocenters. The van der Waals surface area contributed by atoms with E-state index in [2.05, 4.69) is 0 Å². The number of hydrogen-bond donors (Lipinski definition) is 2. The van der Waals surface area contributed by atoms with Crippen LogP contribution in [0, 0.1) is 23.7 Å². The number of carbonyl (C=O) groups excluding carboxylic acids is 2. The summed E-state index contributed by atoms with van der Waals surface area (Å²) in [5.41, 5.74) is 3.70. The molecule has 2 amide bonds. The Morgan fingerprint density at radius 2 is 0.694 bits per heavy atom. The van der Waals surface area contributed by atoms with Crippen LogP contribution in [0.2, 0.25) is 0 Å². The van der Waals surface area contributed by atoms with Gasteiger partial charge in [0.25, 0.3) is 0 Å². The van der Waals surface area contributed by atoms with Gasteiger partial charge in [0.05, 0.1) is 23.7 Å². The summed E-state index contributed by atoms with van der Waals surface area (Å²) in [7, 11) is 0. The highest BCUT2D eigenvalue weighted by molar-refractivity contribution is 5.99. The molecule has 1 saturated carbocycles. The Morgan fingerprint density at radius 3 is 1.02 bits per heavy atom. The lowest BCUT2D eigenvalue weighted by Crippen LogP contribution is -2.64. The molecule has 0 bridgehead atoms. The summed E-state index contributed by atoms with van der Waals surface area (Å²) in [5, 5.41) is 21.0. The molecule has 1 fully saturated rings. The van der Waals surface area contributed by atoms with Crippen molar-refractivity contribution in [1.82, 2.24) is 9.80 Å². The number of amides is 2. The van der Waals surface area contributed by atoms with Crippen LogP contribution < -0.4 is 9.47 Å². The molecule has 0 saturated heterocycles. The fraction of sp³-hybridized carbons (Fsp3) is 0.231. The van der Waals surface area contributed by atoms with E-state index in [9.17, 15) is 29.4 Å². The van der Waals surface area contributed by atoms with Gasteiger partial charge in [-0.15, -0.1) is 0 Å². The van der Waals surface area contributed by atoms with Gasteiger partial charge in [-0.1, -0.05) is 121 Å². The number of aryl methyl sites for hydroxylation is 2. The highest BCUT2D eigenvalue weighted by Gasteiger charge is 2.64. The standard InChI is InChI=1S/C52H50N2O8/c55-49(53(33-13-19-37-15-5-1-6-16-37)35-39-25-29-43(30-26-39)61-41-21-9-3-10-22-41)45-46(48(52(59)60)47(45)51(57)58)50(56)54(34-14-20-38-17-7-2-8-18-38)36-40-27-31-44(32-28-40)62-42-23-11-4-12-24-42/h1-12,15-18,21-32,45-48H,13-14,19-20,33-36H2,(H,57,58)(H,59,60)/t45-,46-,47-,48-/m1/s1. The molecule has 0 heterocycles. The van der Waals surface area contributed by atoms with E-state index < -0.39 is 47.4 Å². The topological polar surface area (TPSA) is 134 Å². The summed E-state index contributed by atoms with van der Waals surface area (Å²) in [6.07, 6.45) is 2.44. The third-order valence-electron chi connectivity index (χ3n) is 11.3. The number of carbonyl (C=O) groups is 4. The Bertz CT molecular complexity index is 2210. The van der Waals surface area contributed by atoms with Crippen LogP contribution >= 0.6 is 0 Å². The predicted octanol–water partition coefficient (Wildman–Crippen LogP) is 9.54. The molecule has 1 aliphatic carbocycles. The monoisotopic (exact) mass is 830 g/mol. The quantitative estimate of drug-likeness (QED) is 0.0778. The number of benzene rings is 6. The van der Waals surface area contributed by atoms with Gasteiger partial charge in [-0.3, -0.25) is 19.2 Å². The largest absolute Gasteiger partial charge is 0.481 e. The molecule has 316 valence electrons. The number of aliphatic carboxylic acids is 2. The van der Waals surface area contributed by atoms with Gasteiger partial charge in [0, 0.05) is 26.2 Å². The molecule has 6 aromatic carbocycles. The van der Waals surface area contributed by atoms with E-state index in [1.165, 1.54) is 0 Å². The van der Waals surface area contributed by atoms with Crippen molar-refractivity contribution in [2.75, 3.05) is 13.1 Å². The van der Waals surface area contributed by atoms with Gasteiger partial charge in [0.1, 0.15) is 23.0 Å². The van der Waals surface area contributed by atoms with Crippen LogP contribution in [-0.2, 0) is 45.1 Å². The average molecular weight is 831 g/mol. The highest BCUT2D eigenvalue weighted by Crippen LogP contribution is 2.49. The van der Waals surface area contributed by atoms with Crippen molar-refractivity contribution in [1.29, 1.82) is 0 Å². The van der Waals surface area contributed by atoms with E-state index in [0.29, 0.717) is 48.7 Å². The second-order valence-electron chi connectivity index (χ2n) is 15.6. The number of rotatable bonds is 20. The van der Waals surface area contributed by atoms with Crippen LogP contribution in [0.4, 0.5) is 0 Å². The van der Waals surface area contributed by atoms with Crippen LogP contribution in [0.15, 0.2) is 170 Å². The molecule has 6 aromatic rings. The zero-order valence-corrected chi connectivity index (χ0v) is 34.4. The third kappa shape index (κ3) is 11.1. The SMILES string of the molecule is O=C(O)[C@H]1[C@H](C(=O)O)[C@H](C(=O)N(CCCc2ccccc2)Cc2ccc(Oc3ccccc3)cc2)[C@H]1C(=O)N(CCCc1ccccc1)Cc1ccc(Oc2ccccc2)cc1. The molecule has 62 heavy (non-hydrogen) atoms. The second-order valence-corrected chi connectivity index (χ2v) is 15.6. The van der Waals surface area contributed by atoms with E-state index in [0.717, 1.165) is 22.3 Å². The van der Waals surface area contributed by atoms with Crippen LogP contribution in [-0.4, -0.2) is 56.9 Å².